The summed E-state index contributed by atoms with van der Waals surface area (Å²) in [5.74, 6) is -2.95. The standard InChI is InChI=1S/C16H31N7O5/c1-9(2)6-11(15(27)28)23-13(25)8-21-14(26)10(22-12(24)7-17)4-3-5-20-16(18)19/h9-11H,3-8,17H2,1-2H3,(H,21,26)(H,22,24)(H,23,25)(H,27,28)(H4,18,19,20). The molecule has 3 amide bonds. The monoisotopic (exact) mass is 401 g/mol. The molecule has 0 bridgehead atoms. The maximum atomic E-state index is 12.3. The number of hydrogen-bond donors (Lipinski definition) is 7. The Morgan fingerprint density at radius 3 is 2.14 bits per heavy atom. The molecule has 0 aromatic rings. The van der Waals surface area contributed by atoms with Gasteiger partial charge in [0, 0.05) is 6.54 Å². The van der Waals surface area contributed by atoms with Crippen LogP contribution >= 0.6 is 0 Å². The van der Waals surface area contributed by atoms with Crippen LogP contribution in [-0.2, 0) is 19.2 Å². The number of nitrogens with zero attached hydrogens (tertiary/aromatic N) is 1. The zero-order valence-corrected chi connectivity index (χ0v) is 16.2. The summed E-state index contributed by atoms with van der Waals surface area (Å²) < 4.78 is 0. The second kappa shape index (κ2) is 13.3. The van der Waals surface area contributed by atoms with E-state index < -0.39 is 42.3 Å². The number of hydrogen-bond acceptors (Lipinski definition) is 6. The number of guanidine groups is 1. The first-order valence-electron chi connectivity index (χ1n) is 8.91. The van der Waals surface area contributed by atoms with Crippen LogP contribution in [-0.4, -0.2) is 66.5 Å². The summed E-state index contributed by atoms with van der Waals surface area (Å²) in [4.78, 5) is 50.7. The van der Waals surface area contributed by atoms with Crippen molar-refractivity contribution in [3.63, 3.8) is 0 Å². The summed E-state index contributed by atoms with van der Waals surface area (Å²) in [5, 5.41) is 16.3. The average molecular weight is 401 g/mol. The van der Waals surface area contributed by atoms with E-state index in [-0.39, 0.29) is 37.8 Å². The highest BCUT2D eigenvalue weighted by Gasteiger charge is 2.23. The van der Waals surface area contributed by atoms with Gasteiger partial charge in [0.05, 0.1) is 13.1 Å². The van der Waals surface area contributed by atoms with Crippen molar-refractivity contribution in [1.82, 2.24) is 16.0 Å². The van der Waals surface area contributed by atoms with Gasteiger partial charge >= 0.3 is 5.97 Å². The van der Waals surface area contributed by atoms with Gasteiger partial charge in [-0.05, 0) is 25.2 Å². The molecule has 0 aromatic carbocycles. The van der Waals surface area contributed by atoms with Crippen molar-refractivity contribution in [3.8, 4) is 0 Å². The van der Waals surface area contributed by atoms with Gasteiger partial charge in [-0.2, -0.15) is 0 Å². The Balaban J connectivity index is 4.68. The van der Waals surface area contributed by atoms with Gasteiger partial charge in [-0.15, -0.1) is 0 Å². The molecule has 12 nitrogen and oxygen atoms in total. The summed E-state index contributed by atoms with van der Waals surface area (Å²) in [6.45, 7) is 3.20. The van der Waals surface area contributed by atoms with E-state index in [0.717, 1.165) is 0 Å². The zero-order chi connectivity index (χ0) is 21.7. The lowest BCUT2D eigenvalue weighted by molar-refractivity contribution is -0.142. The van der Waals surface area contributed by atoms with Crippen LogP contribution in [0.15, 0.2) is 4.99 Å². The average Bonchev–Trinajstić information content (AvgIpc) is 2.60. The lowest BCUT2D eigenvalue weighted by atomic mass is 10.0. The van der Waals surface area contributed by atoms with E-state index in [4.69, 9.17) is 22.3 Å². The molecule has 0 saturated heterocycles. The molecule has 0 spiro atoms. The van der Waals surface area contributed by atoms with Crippen LogP contribution in [0.25, 0.3) is 0 Å². The number of carbonyl (C=O) groups excluding carboxylic acids is 3. The van der Waals surface area contributed by atoms with E-state index in [2.05, 4.69) is 20.9 Å². The summed E-state index contributed by atoms with van der Waals surface area (Å²) in [6, 6.07) is -1.97. The maximum absolute atomic E-state index is 12.3. The summed E-state index contributed by atoms with van der Waals surface area (Å²) in [5.41, 5.74) is 15.7. The van der Waals surface area contributed by atoms with Crippen molar-refractivity contribution < 1.29 is 24.3 Å². The number of nitrogens with two attached hydrogens (primary N) is 3. The van der Waals surface area contributed by atoms with Crippen molar-refractivity contribution in [2.75, 3.05) is 19.6 Å². The van der Waals surface area contributed by atoms with Gasteiger partial charge < -0.3 is 38.3 Å². The Kier molecular flexibility index (Phi) is 11.9. The van der Waals surface area contributed by atoms with Gasteiger partial charge in [-0.1, -0.05) is 13.8 Å². The Bertz CT molecular complexity index is 576. The van der Waals surface area contributed by atoms with E-state index in [1.165, 1.54) is 0 Å². The topological polar surface area (TPSA) is 215 Å². The molecule has 2 unspecified atom stereocenters. The molecule has 0 fully saturated rings. The molecule has 0 aliphatic carbocycles. The van der Waals surface area contributed by atoms with Crippen LogP contribution < -0.4 is 33.2 Å². The molecule has 28 heavy (non-hydrogen) atoms. The highest BCUT2D eigenvalue weighted by atomic mass is 16.4. The van der Waals surface area contributed by atoms with Crippen LogP contribution in [0.2, 0.25) is 0 Å². The van der Waals surface area contributed by atoms with Gasteiger partial charge in [0.1, 0.15) is 12.1 Å². The molecule has 0 saturated carbocycles. The lowest BCUT2D eigenvalue weighted by Gasteiger charge is -2.19. The first-order chi connectivity index (χ1) is 13.1. The number of carboxylic acid groups (broad SMARTS) is 1. The fourth-order valence-electron chi connectivity index (χ4n) is 2.25. The second-order valence-electron chi connectivity index (χ2n) is 6.58. The van der Waals surface area contributed by atoms with Crippen LogP contribution in [0.5, 0.6) is 0 Å². The quantitative estimate of drug-likeness (QED) is 0.0970. The Labute approximate surface area is 163 Å². The third-order valence-corrected chi connectivity index (χ3v) is 3.55. The van der Waals surface area contributed by atoms with E-state index in [9.17, 15) is 19.2 Å². The largest absolute Gasteiger partial charge is 0.480 e. The first kappa shape index (κ1) is 25.1. The van der Waals surface area contributed by atoms with Gasteiger partial charge in [-0.25, -0.2) is 4.79 Å². The number of rotatable bonds is 13. The minimum absolute atomic E-state index is 0.0667. The lowest BCUT2D eigenvalue weighted by Crippen LogP contribution is -2.51. The minimum Gasteiger partial charge on any atom is -0.480 e. The highest BCUT2D eigenvalue weighted by Crippen LogP contribution is 2.04. The fourth-order valence-corrected chi connectivity index (χ4v) is 2.25. The first-order valence-corrected chi connectivity index (χ1v) is 8.91. The predicted molar refractivity (Wildman–Crippen MR) is 103 cm³/mol. The van der Waals surface area contributed by atoms with Gasteiger partial charge in [0.2, 0.25) is 17.7 Å². The molecule has 0 rings (SSSR count). The third kappa shape index (κ3) is 11.7. The molecule has 0 aromatic heterocycles. The van der Waals surface area contributed by atoms with Crippen molar-refractivity contribution in [1.29, 1.82) is 0 Å². The van der Waals surface area contributed by atoms with Crippen LogP contribution in [0, 0.1) is 5.92 Å². The molecular formula is C16H31N7O5. The molecule has 2 atom stereocenters. The molecular weight excluding hydrogens is 370 g/mol. The number of nitrogens with one attached hydrogen (secondary N) is 3. The van der Waals surface area contributed by atoms with Crippen LogP contribution in [0.4, 0.5) is 0 Å². The minimum atomic E-state index is -1.15. The number of aliphatic imine (C=N–C) groups is 1. The molecule has 0 aliphatic heterocycles. The SMILES string of the molecule is CC(C)CC(NC(=O)CNC(=O)C(CCCN=C(N)N)NC(=O)CN)C(=O)O. The van der Waals surface area contributed by atoms with Gasteiger partial charge in [0.25, 0.3) is 0 Å². The molecule has 0 heterocycles. The van der Waals surface area contributed by atoms with E-state index in [1.807, 2.05) is 13.8 Å². The molecule has 12 heteroatoms. The Morgan fingerprint density at radius 2 is 1.64 bits per heavy atom. The predicted octanol–water partition coefficient (Wildman–Crippen LogP) is -2.78. The van der Waals surface area contributed by atoms with Gasteiger partial charge in [-0.3, -0.25) is 19.4 Å². The van der Waals surface area contributed by atoms with Crippen LogP contribution in [0.1, 0.15) is 33.1 Å². The Hall–Kier alpha value is -2.89. The fraction of sp³-hybridized carbons (Fsp3) is 0.688. The zero-order valence-electron chi connectivity index (χ0n) is 16.2. The smallest absolute Gasteiger partial charge is 0.326 e. The summed E-state index contributed by atoms with van der Waals surface area (Å²) >= 11 is 0. The van der Waals surface area contributed by atoms with Crippen LogP contribution in [0.3, 0.4) is 0 Å². The summed E-state index contributed by atoms with van der Waals surface area (Å²) in [6.07, 6.45) is 0.887. The van der Waals surface area contributed by atoms with Gasteiger partial charge in [0.15, 0.2) is 5.96 Å². The van der Waals surface area contributed by atoms with E-state index in [0.29, 0.717) is 6.42 Å². The maximum Gasteiger partial charge on any atom is 0.326 e. The Morgan fingerprint density at radius 1 is 1.04 bits per heavy atom. The van der Waals surface area contributed by atoms with Crippen molar-refractivity contribution in [3.05, 3.63) is 0 Å². The normalized spacial score (nSPS) is 12.6. The second-order valence-corrected chi connectivity index (χ2v) is 6.58. The molecule has 0 radical (unpaired) electrons. The van der Waals surface area contributed by atoms with E-state index >= 15 is 0 Å². The van der Waals surface area contributed by atoms with Crippen molar-refractivity contribution >= 4 is 29.7 Å². The van der Waals surface area contributed by atoms with Crippen molar-refractivity contribution in [2.45, 2.75) is 45.2 Å². The number of carboxylic acids is 1. The van der Waals surface area contributed by atoms with Crippen molar-refractivity contribution in [2.24, 2.45) is 28.1 Å². The molecule has 10 N–H and O–H groups in total. The number of aliphatic carboxylic acids is 1. The molecule has 0 aliphatic rings. The highest BCUT2D eigenvalue weighted by molar-refractivity contribution is 5.91. The number of amides is 3. The third-order valence-electron chi connectivity index (χ3n) is 3.55. The van der Waals surface area contributed by atoms with E-state index in [1.54, 1.807) is 0 Å². The molecule has 160 valence electrons. The number of carbonyl (C=O) groups is 4. The summed E-state index contributed by atoms with van der Waals surface area (Å²) in [7, 11) is 0.